The van der Waals surface area contributed by atoms with Crippen LogP contribution in [0, 0.1) is 0 Å². The average molecular weight is 300 g/mol. The van der Waals surface area contributed by atoms with Crippen molar-refractivity contribution in [1.82, 2.24) is 19.7 Å². The topological polar surface area (TPSA) is 53.9 Å². The van der Waals surface area contributed by atoms with Crippen LogP contribution in [-0.2, 0) is 13.0 Å². The fourth-order valence-electron chi connectivity index (χ4n) is 3.21. The number of hydrogen-bond acceptors (Lipinski definition) is 2. The van der Waals surface area contributed by atoms with Crippen molar-refractivity contribution in [3.05, 3.63) is 42.0 Å². The van der Waals surface area contributed by atoms with Crippen molar-refractivity contribution in [1.29, 1.82) is 0 Å². The Bertz CT molecular complexity index is 602. The highest BCUT2D eigenvalue weighted by atomic mass is 16.2. The molecule has 1 fully saturated rings. The summed E-state index contributed by atoms with van der Waals surface area (Å²) in [7, 11) is 0. The summed E-state index contributed by atoms with van der Waals surface area (Å²) < 4.78 is 1.95. The van der Waals surface area contributed by atoms with Crippen LogP contribution in [0.15, 0.2) is 30.6 Å². The van der Waals surface area contributed by atoms with Gasteiger partial charge in [-0.25, -0.2) is 0 Å². The summed E-state index contributed by atoms with van der Waals surface area (Å²) in [5.41, 5.74) is 1.84. The summed E-state index contributed by atoms with van der Waals surface area (Å²) >= 11 is 0. The molecule has 2 aromatic heterocycles. The van der Waals surface area contributed by atoms with Crippen LogP contribution >= 0.6 is 0 Å². The van der Waals surface area contributed by atoms with E-state index in [9.17, 15) is 4.79 Å². The van der Waals surface area contributed by atoms with Crippen molar-refractivity contribution in [2.45, 2.75) is 51.6 Å². The summed E-state index contributed by atoms with van der Waals surface area (Å²) in [6.45, 7) is 3.82. The third kappa shape index (κ3) is 3.24. The standard InChI is InChI=1S/C17H24N4O/c1-2-14-7-8-16(19-14)17(22)21-12-4-3-6-15(21)9-13-20-11-5-10-18-20/h5,7-8,10-11,15,19H,2-4,6,9,12-13H2,1H3/t15-/m0/s1. The molecule has 1 aliphatic heterocycles. The Morgan fingerprint density at radius 1 is 1.41 bits per heavy atom. The second-order valence-corrected chi connectivity index (χ2v) is 5.96. The van der Waals surface area contributed by atoms with Crippen molar-refractivity contribution in [3.63, 3.8) is 0 Å². The minimum Gasteiger partial charge on any atom is -0.354 e. The van der Waals surface area contributed by atoms with Crippen LogP contribution < -0.4 is 0 Å². The Hall–Kier alpha value is -2.04. The molecule has 22 heavy (non-hydrogen) atoms. The second kappa shape index (κ2) is 6.81. The lowest BCUT2D eigenvalue weighted by Gasteiger charge is -2.35. The van der Waals surface area contributed by atoms with Gasteiger partial charge in [-0.3, -0.25) is 9.48 Å². The van der Waals surface area contributed by atoms with Crippen molar-refractivity contribution < 1.29 is 4.79 Å². The smallest absolute Gasteiger partial charge is 0.270 e. The molecule has 0 saturated carbocycles. The molecule has 5 heteroatoms. The number of aryl methyl sites for hydroxylation is 2. The minimum absolute atomic E-state index is 0.143. The molecule has 1 saturated heterocycles. The van der Waals surface area contributed by atoms with Gasteiger partial charge >= 0.3 is 0 Å². The molecule has 3 heterocycles. The van der Waals surface area contributed by atoms with Gasteiger partial charge in [0, 0.05) is 37.2 Å². The molecule has 0 unspecified atom stereocenters. The fourth-order valence-corrected chi connectivity index (χ4v) is 3.21. The van der Waals surface area contributed by atoms with Gasteiger partial charge in [0.15, 0.2) is 0 Å². The van der Waals surface area contributed by atoms with Crippen LogP contribution in [0.2, 0.25) is 0 Å². The first-order chi connectivity index (χ1) is 10.8. The third-order valence-electron chi connectivity index (χ3n) is 4.50. The van der Waals surface area contributed by atoms with Crippen LogP contribution in [0.3, 0.4) is 0 Å². The molecule has 118 valence electrons. The molecule has 3 rings (SSSR count). The number of nitrogens with zero attached hydrogens (tertiary/aromatic N) is 3. The Labute approximate surface area is 131 Å². The van der Waals surface area contributed by atoms with Gasteiger partial charge in [0.1, 0.15) is 5.69 Å². The number of amides is 1. The zero-order valence-corrected chi connectivity index (χ0v) is 13.2. The molecule has 2 aromatic rings. The molecule has 1 amide bonds. The maximum absolute atomic E-state index is 12.8. The predicted molar refractivity (Wildman–Crippen MR) is 85.7 cm³/mol. The zero-order valence-electron chi connectivity index (χ0n) is 13.2. The van der Waals surface area contributed by atoms with Crippen molar-refractivity contribution in [2.75, 3.05) is 6.54 Å². The number of H-pyrrole nitrogens is 1. The third-order valence-corrected chi connectivity index (χ3v) is 4.50. The van der Waals surface area contributed by atoms with Gasteiger partial charge in [-0.15, -0.1) is 0 Å². The van der Waals surface area contributed by atoms with Crippen LogP contribution in [-0.4, -0.2) is 38.2 Å². The molecule has 0 spiro atoms. The number of nitrogens with one attached hydrogen (secondary N) is 1. The molecule has 0 aliphatic carbocycles. The summed E-state index contributed by atoms with van der Waals surface area (Å²) in [4.78, 5) is 18.1. The highest BCUT2D eigenvalue weighted by molar-refractivity contribution is 5.92. The van der Waals surface area contributed by atoms with Gasteiger partial charge < -0.3 is 9.88 Å². The minimum atomic E-state index is 0.143. The van der Waals surface area contributed by atoms with Crippen molar-refractivity contribution >= 4 is 5.91 Å². The number of likely N-dealkylation sites (tertiary alicyclic amines) is 1. The number of carbonyl (C=O) groups is 1. The van der Waals surface area contributed by atoms with E-state index in [4.69, 9.17) is 0 Å². The number of carbonyl (C=O) groups excluding carboxylic acids is 1. The molecule has 5 nitrogen and oxygen atoms in total. The van der Waals surface area contributed by atoms with Crippen molar-refractivity contribution in [2.24, 2.45) is 0 Å². The van der Waals surface area contributed by atoms with E-state index in [0.29, 0.717) is 6.04 Å². The van der Waals surface area contributed by atoms with Crippen LogP contribution in [0.25, 0.3) is 0 Å². The van der Waals surface area contributed by atoms with E-state index >= 15 is 0 Å². The number of aromatic nitrogens is 3. The molecular formula is C17H24N4O. The van der Waals surface area contributed by atoms with Crippen molar-refractivity contribution in [3.8, 4) is 0 Å². The number of rotatable bonds is 5. The molecule has 0 bridgehead atoms. The van der Waals surface area contributed by atoms with Crippen LogP contribution in [0.5, 0.6) is 0 Å². The van der Waals surface area contributed by atoms with E-state index in [1.165, 1.54) is 6.42 Å². The normalized spacial score (nSPS) is 18.6. The summed E-state index contributed by atoms with van der Waals surface area (Å²) in [6, 6.07) is 6.18. The highest BCUT2D eigenvalue weighted by Gasteiger charge is 2.27. The summed E-state index contributed by atoms with van der Waals surface area (Å²) in [5.74, 6) is 0.143. The largest absolute Gasteiger partial charge is 0.354 e. The van der Waals surface area contributed by atoms with Gasteiger partial charge in [0.2, 0.25) is 0 Å². The zero-order chi connectivity index (χ0) is 15.4. The fraction of sp³-hybridized carbons (Fsp3) is 0.529. The summed E-state index contributed by atoms with van der Waals surface area (Å²) in [5, 5.41) is 4.25. The Morgan fingerprint density at radius 2 is 2.32 bits per heavy atom. The molecular weight excluding hydrogens is 276 g/mol. The first kappa shape index (κ1) is 14.9. The second-order valence-electron chi connectivity index (χ2n) is 5.96. The maximum Gasteiger partial charge on any atom is 0.270 e. The molecule has 1 N–H and O–H groups in total. The van der Waals surface area contributed by atoms with Crippen LogP contribution in [0.1, 0.15) is 48.8 Å². The first-order valence-electron chi connectivity index (χ1n) is 8.24. The molecule has 1 atom stereocenters. The molecule has 0 radical (unpaired) electrons. The number of piperidine rings is 1. The van der Waals surface area contributed by atoms with Gasteiger partial charge in [0.25, 0.3) is 5.91 Å². The summed E-state index contributed by atoms with van der Waals surface area (Å²) in [6.07, 6.45) is 9.07. The van der Waals surface area contributed by atoms with E-state index in [1.807, 2.05) is 29.1 Å². The van der Waals surface area contributed by atoms with Gasteiger partial charge in [-0.05, 0) is 50.3 Å². The maximum atomic E-state index is 12.8. The van der Waals surface area contributed by atoms with Gasteiger partial charge in [0.05, 0.1) is 0 Å². The predicted octanol–water partition coefficient (Wildman–Crippen LogP) is 2.86. The number of aromatic amines is 1. The van der Waals surface area contributed by atoms with E-state index in [0.717, 1.165) is 50.2 Å². The first-order valence-corrected chi connectivity index (χ1v) is 8.24. The Morgan fingerprint density at radius 3 is 3.05 bits per heavy atom. The lowest BCUT2D eigenvalue weighted by Crippen LogP contribution is -2.44. The van der Waals surface area contributed by atoms with E-state index in [2.05, 4.69) is 21.9 Å². The Balaban J connectivity index is 1.67. The van der Waals surface area contributed by atoms with E-state index in [-0.39, 0.29) is 5.91 Å². The number of hydrogen-bond donors (Lipinski definition) is 1. The van der Waals surface area contributed by atoms with Gasteiger partial charge in [-0.2, -0.15) is 5.10 Å². The van der Waals surface area contributed by atoms with E-state index < -0.39 is 0 Å². The van der Waals surface area contributed by atoms with Gasteiger partial charge in [-0.1, -0.05) is 6.92 Å². The van der Waals surface area contributed by atoms with E-state index in [1.54, 1.807) is 6.20 Å². The molecule has 0 aromatic carbocycles. The Kier molecular flexibility index (Phi) is 4.61. The average Bonchev–Trinajstić information content (AvgIpc) is 3.24. The van der Waals surface area contributed by atoms with Crippen LogP contribution in [0.4, 0.5) is 0 Å². The monoisotopic (exact) mass is 300 g/mol. The SMILES string of the molecule is CCc1ccc(C(=O)N2CCCC[C@H]2CCn2cccn2)[nH]1. The quantitative estimate of drug-likeness (QED) is 0.923. The molecule has 1 aliphatic rings. The lowest BCUT2D eigenvalue weighted by molar-refractivity contribution is 0.0588. The lowest BCUT2D eigenvalue weighted by atomic mass is 9.99. The highest BCUT2D eigenvalue weighted by Crippen LogP contribution is 2.22.